The molecule has 3 aromatic rings. The van der Waals surface area contributed by atoms with Gasteiger partial charge in [0, 0.05) is 12.4 Å². The number of nitrogens with one attached hydrogen (secondary N) is 2. The van der Waals surface area contributed by atoms with Crippen LogP contribution in [0.3, 0.4) is 0 Å². The van der Waals surface area contributed by atoms with E-state index < -0.39 is 0 Å². The second-order valence-corrected chi connectivity index (χ2v) is 5.07. The number of ether oxygens (including phenoxy) is 1. The molecule has 0 aliphatic carbocycles. The molecule has 116 valence electrons. The summed E-state index contributed by atoms with van der Waals surface area (Å²) in [5.74, 6) is 0.648. The van der Waals surface area contributed by atoms with Crippen LogP contribution in [0.1, 0.15) is 10.5 Å². The van der Waals surface area contributed by atoms with Crippen LogP contribution in [0.15, 0.2) is 54.6 Å². The number of rotatable bonds is 3. The number of nitrogens with two attached hydrogens (primary N) is 1. The van der Waals surface area contributed by atoms with Gasteiger partial charge in [0.25, 0.3) is 5.91 Å². The molecule has 0 saturated heterocycles. The van der Waals surface area contributed by atoms with Crippen LogP contribution >= 0.6 is 0 Å². The van der Waals surface area contributed by atoms with Gasteiger partial charge in [-0.25, -0.2) is 0 Å². The lowest BCUT2D eigenvalue weighted by Gasteiger charge is -2.12. The van der Waals surface area contributed by atoms with E-state index in [0.717, 1.165) is 15.8 Å². The first-order valence-electron chi connectivity index (χ1n) is 7.03. The third-order valence-corrected chi connectivity index (χ3v) is 3.49. The van der Waals surface area contributed by atoms with Crippen LogP contribution in [0.2, 0.25) is 0 Å². The Hall–Kier alpha value is -3.28. The van der Waals surface area contributed by atoms with E-state index in [-0.39, 0.29) is 11.9 Å². The van der Waals surface area contributed by atoms with Gasteiger partial charge in [0.2, 0.25) is 0 Å². The minimum atomic E-state index is -0.376. The smallest absolute Gasteiger partial charge is 0.276 e. The number of benzene rings is 2. The fourth-order valence-corrected chi connectivity index (χ4v) is 2.23. The van der Waals surface area contributed by atoms with Crippen molar-refractivity contribution in [3.63, 3.8) is 0 Å². The number of fused-ring (bicyclic) bond motifs is 1. The summed E-state index contributed by atoms with van der Waals surface area (Å²) in [5, 5.41) is 8.20. The molecule has 0 unspecified atom stereocenters. The maximum atomic E-state index is 12.3. The average molecular weight is 308 g/mol. The molecule has 1 amide bonds. The summed E-state index contributed by atoms with van der Waals surface area (Å²) in [4.78, 5) is 16.4. The van der Waals surface area contributed by atoms with Gasteiger partial charge in [0.05, 0.1) is 5.52 Å². The van der Waals surface area contributed by atoms with E-state index in [1.807, 2.05) is 48.5 Å². The first kappa shape index (κ1) is 14.6. The van der Waals surface area contributed by atoms with Crippen LogP contribution in [0, 0.1) is 5.41 Å². The lowest BCUT2D eigenvalue weighted by molar-refractivity contribution is 0.0864. The molecule has 1 aromatic heterocycles. The predicted molar refractivity (Wildman–Crippen MR) is 88.8 cm³/mol. The van der Waals surface area contributed by atoms with Crippen LogP contribution in [-0.2, 0) is 0 Å². The van der Waals surface area contributed by atoms with Crippen molar-refractivity contribution in [2.75, 3.05) is 7.05 Å². The third kappa shape index (κ3) is 2.87. The molecule has 0 radical (unpaired) electrons. The summed E-state index contributed by atoms with van der Waals surface area (Å²) in [6.45, 7) is 0. The van der Waals surface area contributed by atoms with Gasteiger partial charge in [-0.3, -0.25) is 15.1 Å². The standard InChI is InChI=1S/C17H16N4O2/c1-21(17(18)19)16(22)13-10-11-6-5-9-14(15(11)20-13)23-12-7-3-2-4-8-12/h2-10,20H,1H3,(H3,18,19). The molecular weight excluding hydrogens is 292 g/mol. The summed E-state index contributed by atoms with van der Waals surface area (Å²) < 4.78 is 5.87. The van der Waals surface area contributed by atoms with Crippen molar-refractivity contribution < 1.29 is 9.53 Å². The Morgan fingerprint density at radius 2 is 1.91 bits per heavy atom. The Bertz CT molecular complexity index is 871. The first-order valence-corrected chi connectivity index (χ1v) is 7.03. The highest BCUT2D eigenvalue weighted by Crippen LogP contribution is 2.30. The molecule has 0 spiro atoms. The van der Waals surface area contributed by atoms with E-state index in [1.165, 1.54) is 7.05 Å². The van der Waals surface area contributed by atoms with Crippen molar-refractivity contribution in [3.8, 4) is 11.5 Å². The molecular formula is C17H16N4O2. The number of hydrogen-bond acceptors (Lipinski definition) is 3. The molecule has 0 saturated carbocycles. The van der Waals surface area contributed by atoms with E-state index >= 15 is 0 Å². The van der Waals surface area contributed by atoms with Gasteiger partial charge in [-0.15, -0.1) is 0 Å². The monoisotopic (exact) mass is 308 g/mol. The number of H-pyrrole nitrogens is 1. The van der Waals surface area contributed by atoms with Gasteiger partial charge in [-0.1, -0.05) is 30.3 Å². The average Bonchev–Trinajstić information content (AvgIpc) is 2.99. The third-order valence-electron chi connectivity index (χ3n) is 3.49. The number of carbonyl (C=O) groups excluding carboxylic acids is 1. The van der Waals surface area contributed by atoms with E-state index in [4.69, 9.17) is 15.9 Å². The second kappa shape index (κ2) is 5.84. The number of aromatic nitrogens is 1. The zero-order chi connectivity index (χ0) is 16.4. The first-order chi connectivity index (χ1) is 11.1. The van der Waals surface area contributed by atoms with Crippen molar-refractivity contribution in [2.45, 2.75) is 0 Å². The molecule has 1 heterocycles. The number of nitrogens with zero attached hydrogens (tertiary/aromatic N) is 1. The largest absolute Gasteiger partial charge is 0.455 e. The lowest BCUT2D eigenvalue weighted by Crippen LogP contribution is -2.38. The van der Waals surface area contributed by atoms with E-state index in [9.17, 15) is 4.79 Å². The number of hydrogen-bond donors (Lipinski definition) is 3. The molecule has 0 bridgehead atoms. The SMILES string of the molecule is CN(C(=N)N)C(=O)c1cc2cccc(Oc3ccccc3)c2[nH]1. The van der Waals surface area contributed by atoms with Crippen LogP contribution < -0.4 is 10.5 Å². The minimum Gasteiger partial charge on any atom is -0.455 e. The summed E-state index contributed by atoms with van der Waals surface area (Å²) in [6, 6.07) is 16.7. The Morgan fingerprint density at radius 1 is 1.17 bits per heavy atom. The summed E-state index contributed by atoms with van der Waals surface area (Å²) in [5.41, 5.74) is 6.42. The zero-order valence-corrected chi connectivity index (χ0v) is 12.5. The summed E-state index contributed by atoms with van der Waals surface area (Å²) >= 11 is 0. The fraction of sp³-hybridized carbons (Fsp3) is 0.0588. The Morgan fingerprint density at radius 3 is 2.61 bits per heavy atom. The van der Waals surface area contributed by atoms with Crippen molar-refractivity contribution in [1.29, 1.82) is 5.41 Å². The summed E-state index contributed by atoms with van der Waals surface area (Å²) in [6.07, 6.45) is 0. The van der Waals surface area contributed by atoms with Gasteiger partial charge in [-0.2, -0.15) is 0 Å². The Balaban J connectivity index is 1.98. The number of guanidine groups is 1. The molecule has 0 aliphatic rings. The van der Waals surface area contributed by atoms with Gasteiger partial charge >= 0.3 is 0 Å². The molecule has 6 heteroatoms. The normalized spacial score (nSPS) is 10.5. The topological polar surface area (TPSA) is 95.2 Å². The molecule has 4 N–H and O–H groups in total. The number of amides is 1. The molecule has 0 atom stereocenters. The highest BCUT2D eigenvalue weighted by atomic mass is 16.5. The van der Waals surface area contributed by atoms with Gasteiger partial charge in [0.1, 0.15) is 11.4 Å². The van der Waals surface area contributed by atoms with E-state index in [2.05, 4.69) is 4.98 Å². The van der Waals surface area contributed by atoms with Crippen LogP contribution in [-0.4, -0.2) is 28.8 Å². The van der Waals surface area contributed by atoms with Crippen LogP contribution in [0.25, 0.3) is 10.9 Å². The molecule has 0 aliphatic heterocycles. The highest BCUT2D eigenvalue weighted by Gasteiger charge is 2.17. The van der Waals surface area contributed by atoms with Crippen LogP contribution in [0.4, 0.5) is 0 Å². The summed E-state index contributed by atoms with van der Waals surface area (Å²) in [7, 11) is 1.46. The maximum Gasteiger partial charge on any atom is 0.276 e. The fourth-order valence-electron chi connectivity index (χ4n) is 2.23. The lowest BCUT2D eigenvalue weighted by atomic mass is 10.2. The Labute approximate surface area is 133 Å². The minimum absolute atomic E-state index is 0.311. The Kier molecular flexibility index (Phi) is 3.72. The number of carbonyl (C=O) groups is 1. The molecule has 23 heavy (non-hydrogen) atoms. The van der Waals surface area contributed by atoms with Crippen molar-refractivity contribution >= 4 is 22.8 Å². The molecule has 3 rings (SSSR count). The maximum absolute atomic E-state index is 12.3. The molecule has 0 fully saturated rings. The second-order valence-electron chi connectivity index (χ2n) is 5.07. The van der Waals surface area contributed by atoms with Crippen molar-refractivity contribution in [1.82, 2.24) is 9.88 Å². The van der Waals surface area contributed by atoms with Gasteiger partial charge in [-0.05, 0) is 24.3 Å². The van der Waals surface area contributed by atoms with Crippen LogP contribution in [0.5, 0.6) is 11.5 Å². The highest BCUT2D eigenvalue weighted by molar-refractivity contribution is 6.06. The quantitative estimate of drug-likeness (QED) is 0.513. The van der Waals surface area contributed by atoms with Gasteiger partial charge in [0.15, 0.2) is 11.7 Å². The number of para-hydroxylation sites is 2. The van der Waals surface area contributed by atoms with E-state index in [0.29, 0.717) is 17.2 Å². The number of aromatic amines is 1. The zero-order valence-electron chi connectivity index (χ0n) is 12.5. The molecule has 6 nitrogen and oxygen atoms in total. The predicted octanol–water partition coefficient (Wildman–Crippen LogP) is 2.93. The molecule has 2 aromatic carbocycles. The van der Waals surface area contributed by atoms with Crippen molar-refractivity contribution in [2.24, 2.45) is 5.73 Å². The van der Waals surface area contributed by atoms with Crippen molar-refractivity contribution in [3.05, 3.63) is 60.3 Å². The van der Waals surface area contributed by atoms with Gasteiger partial charge < -0.3 is 15.5 Å². The van der Waals surface area contributed by atoms with E-state index in [1.54, 1.807) is 6.07 Å².